The van der Waals surface area contributed by atoms with E-state index in [0.717, 1.165) is 16.7 Å². The smallest absolute Gasteiger partial charge is 0.240 e. The highest BCUT2D eigenvalue weighted by molar-refractivity contribution is 8.00. The van der Waals surface area contributed by atoms with E-state index in [1.54, 1.807) is 7.11 Å². The zero-order valence-electron chi connectivity index (χ0n) is 18.2. The molecule has 0 aliphatic carbocycles. The summed E-state index contributed by atoms with van der Waals surface area (Å²) in [7, 11) is 1.59. The summed E-state index contributed by atoms with van der Waals surface area (Å²) < 4.78 is 7.28. The number of anilines is 1. The molecule has 1 aliphatic heterocycles. The minimum Gasteiger partial charge on any atom is -0.495 e. The molecule has 1 aliphatic rings. The number of amides is 1. The lowest BCUT2D eigenvalue weighted by molar-refractivity contribution is -0.116. The molecule has 4 aromatic rings. The molecule has 8 heteroatoms. The molecule has 0 saturated heterocycles. The van der Waals surface area contributed by atoms with Gasteiger partial charge in [0, 0.05) is 5.56 Å². The van der Waals surface area contributed by atoms with Gasteiger partial charge in [-0.25, -0.2) is 4.68 Å². The van der Waals surface area contributed by atoms with Gasteiger partial charge in [0.15, 0.2) is 5.82 Å². The quantitative estimate of drug-likeness (QED) is 0.454. The van der Waals surface area contributed by atoms with E-state index < -0.39 is 5.25 Å². The lowest BCUT2D eigenvalue weighted by Gasteiger charge is -2.33. The van der Waals surface area contributed by atoms with Crippen molar-refractivity contribution >= 4 is 23.4 Å². The third kappa shape index (κ3) is 4.17. The summed E-state index contributed by atoms with van der Waals surface area (Å²) in [6.07, 6.45) is 0. The van der Waals surface area contributed by atoms with Crippen molar-refractivity contribution in [1.82, 2.24) is 14.9 Å². The van der Waals surface area contributed by atoms with Gasteiger partial charge in [-0.3, -0.25) is 4.79 Å². The fraction of sp³-hybridized carbons (Fsp3) is 0.160. The number of nitrogens with zero attached hydrogens (tertiary/aromatic N) is 3. The van der Waals surface area contributed by atoms with Gasteiger partial charge in [0.1, 0.15) is 11.0 Å². The van der Waals surface area contributed by atoms with Crippen LogP contribution in [0.5, 0.6) is 5.75 Å². The molecule has 2 heterocycles. The van der Waals surface area contributed by atoms with Crippen molar-refractivity contribution in [2.75, 3.05) is 17.9 Å². The van der Waals surface area contributed by atoms with Gasteiger partial charge in [0.2, 0.25) is 11.1 Å². The molecular formula is C25H23N5O2S. The van der Waals surface area contributed by atoms with E-state index in [4.69, 9.17) is 4.74 Å². The molecule has 0 bridgehead atoms. The zero-order chi connectivity index (χ0) is 22.8. The second-order valence-electron chi connectivity index (χ2n) is 7.75. The summed E-state index contributed by atoms with van der Waals surface area (Å²) in [4.78, 5) is 13.5. The largest absolute Gasteiger partial charge is 0.495 e. The van der Waals surface area contributed by atoms with Crippen molar-refractivity contribution in [3.05, 3.63) is 90.0 Å². The monoisotopic (exact) mass is 457 g/mol. The molecule has 1 aromatic heterocycles. The van der Waals surface area contributed by atoms with Gasteiger partial charge in [0.05, 0.1) is 18.8 Å². The van der Waals surface area contributed by atoms with E-state index in [9.17, 15) is 4.79 Å². The second-order valence-corrected chi connectivity index (χ2v) is 8.86. The van der Waals surface area contributed by atoms with Crippen LogP contribution in [0.15, 0.2) is 84.0 Å². The van der Waals surface area contributed by atoms with Crippen molar-refractivity contribution in [1.29, 1.82) is 0 Å². The third-order valence-corrected chi connectivity index (χ3v) is 6.74. The van der Waals surface area contributed by atoms with Crippen LogP contribution in [0.3, 0.4) is 0 Å². The number of fused-ring (bicyclic) bond motifs is 1. The highest BCUT2D eigenvalue weighted by Crippen LogP contribution is 2.39. The average Bonchev–Trinajstić information content (AvgIpc) is 3.27. The van der Waals surface area contributed by atoms with Gasteiger partial charge in [-0.05, 0) is 24.6 Å². The van der Waals surface area contributed by atoms with E-state index in [0.29, 0.717) is 22.4 Å². The van der Waals surface area contributed by atoms with Crippen LogP contribution in [-0.4, -0.2) is 33.1 Å². The average molecular weight is 458 g/mol. The van der Waals surface area contributed by atoms with Gasteiger partial charge in [-0.15, -0.1) is 10.2 Å². The Kier molecular flexibility index (Phi) is 5.75. The van der Waals surface area contributed by atoms with E-state index in [2.05, 4.69) is 45.2 Å². The molecule has 0 radical (unpaired) electrons. The lowest BCUT2D eigenvalue weighted by atomic mass is 10.0. The van der Waals surface area contributed by atoms with Crippen molar-refractivity contribution in [2.24, 2.45) is 0 Å². The SMILES string of the molecule is COc1ccccc1NC(=O)[C@H]1Sc2nnc(-c3ccccc3)n2N[C@H]1c1ccc(C)cc1. The zero-order valence-corrected chi connectivity index (χ0v) is 19.0. The third-order valence-electron chi connectivity index (χ3n) is 5.53. The molecule has 0 fully saturated rings. The first kappa shape index (κ1) is 21.1. The van der Waals surface area contributed by atoms with Crippen LogP contribution in [0.2, 0.25) is 0 Å². The lowest BCUT2D eigenvalue weighted by Crippen LogP contribution is -2.41. The number of carbonyl (C=O) groups is 1. The van der Waals surface area contributed by atoms with Crippen LogP contribution in [0.25, 0.3) is 11.4 Å². The first-order chi connectivity index (χ1) is 16.1. The summed E-state index contributed by atoms with van der Waals surface area (Å²) in [5.74, 6) is 1.18. The first-order valence-electron chi connectivity index (χ1n) is 10.6. The number of aryl methyl sites for hydroxylation is 1. The predicted octanol–water partition coefficient (Wildman–Crippen LogP) is 4.66. The summed E-state index contributed by atoms with van der Waals surface area (Å²) in [6.45, 7) is 2.05. The predicted molar refractivity (Wildman–Crippen MR) is 130 cm³/mol. The Hall–Kier alpha value is -3.78. The molecule has 2 atom stereocenters. The maximum atomic E-state index is 13.5. The molecule has 2 N–H and O–H groups in total. The van der Waals surface area contributed by atoms with Crippen molar-refractivity contribution in [3.8, 4) is 17.1 Å². The molecule has 33 heavy (non-hydrogen) atoms. The van der Waals surface area contributed by atoms with Crippen LogP contribution in [0, 0.1) is 6.92 Å². The molecule has 166 valence electrons. The van der Waals surface area contributed by atoms with Gasteiger partial charge in [0.25, 0.3) is 0 Å². The highest BCUT2D eigenvalue weighted by Gasteiger charge is 2.38. The van der Waals surface area contributed by atoms with E-state index in [-0.39, 0.29) is 11.9 Å². The number of aromatic nitrogens is 3. The summed E-state index contributed by atoms with van der Waals surface area (Å²) in [6, 6.07) is 25.2. The van der Waals surface area contributed by atoms with Crippen LogP contribution in [0.1, 0.15) is 17.2 Å². The molecule has 7 nitrogen and oxygen atoms in total. The number of hydrogen-bond acceptors (Lipinski definition) is 6. The number of rotatable bonds is 5. The molecule has 3 aromatic carbocycles. The Morgan fingerprint density at radius 3 is 2.48 bits per heavy atom. The molecule has 0 unspecified atom stereocenters. The summed E-state index contributed by atoms with van der Waals surface area (Å²) >= 11 is 1.39. The Morgan fingerprint density at radius 1 is 1.00 bits per heavy atom. The fourth-order valence-electron chi connectivity index (χ4n) is 3.81. The fourth-order valence-corrected chi connectivity index (χ4v) is 4.88. The van der Waals surface area contributed by atoms with Crippen LogP contribution in [-0.2, 0) is 4.79 Å². The van der Waals surface area contributed by atoms with Crippen molar-refractivity contribution in [3.63, 3.8) is 0 Å². The maximum Gasteiger partial charge on any atom is 0.240 e. The Balaban J connectivity index is 1.52. The number of ether oxygens (including phenoxy) is 1. The second kappa shape index (κ2) is 8.99. The van der Waals surface area contributed by atoms with E-state index in [1.165, 1.54) is 11.8 Å². The molecule has 5 rings (SSSR count). The number of methoxy groups -OCH3 is 1. The van der Waals surface area contributed by atoms with Crippen LogP contribution >= 0.6 is 11.8 Å². The van der Waals surface area contributed by atoms with Crippen molar-refractivity contribution < 1.29 is 9.53 Å². The van der Waals surface area contributed by atoms with Gasteiger partial charge >= 0.3 is 0 Å². The molecule has 0 spiro atoms. The maximum absolute atomic E-state index is 13.5. The number of hydrogen-bond donors (Lipinski definition) is 2. The normalized spacial score (nSPS) is 17.0. The topological polar surface area (TPSA) is 81.1 Å². The van der Waals surface area contributed by atoms with Gasteiger partial charge < -0.3 is 15.5 Å². The van der Waals surface area contributed by atoms with Gasteiger partial charge in [-0.1, -0.05) is 84.1 Å². The minimum atomic E-state index is -0.474. The summed E-state index contributed by atoms with van der Waals surface area (Å²) in [5, 5.41) is 11.9. The number of carbonyl (C=O) groups excluding carboxylic acids is 1. The Bertz CT molecular complexity index is 1270. The molecule has 1 amide bonds. The Labute approximate surface area is 196 Å². The van der Waals surface area contributed by atoms with Crippen molar-refractivity contribution in [2.45, 2.75) is 23.4 Å². The van der Waals surface area contributed by atoms with E-state index in [1.807, 2.05) is 66.2 Å². The summed E-state index contributed by atoms with van der Waals surface area (Å²) in [5.41, 5.74) is 7.25. The first-order valence-corrected chi connectivity index (χ1v) is 11.5. The van der Waals surface area contributed by atoms with Crippen LogP contribution < -0.4 is 15.5 Å². The standard InChI is InChI=1S/C25H23N5O2S/c1-16-12-14-17(15-13-16)21-22(24(31)26-19-10-6-7-11-20(19)32-2)33-25-28-27-23(30(25)29-21)18-8-4-3-5-9-18/h3-15,21-22,29H,1-2H3,(H,26,31)/t21-,22-/m0/s1. The molecule has 0 saturated carbocycles. The highest BCUT2D eigenvalue weighted by atomic mass is 32.2. The minimum absolute atomic E-state index is 0.141. The van der Waals surface area contributed by atoms with E-state index >= 15 is 0 Å². The number of nitrogens with one attached hydrogen (secondary N) is 2. The molecular weight excluding hydrogens is 434 g/mol. The number of thioether (sulfide) groups is 1. The van der Waals surface area contributed by atoms with Gasteiger partial charge in [-0.2, -0.15) is 0 Å². The number of benzene rings is 3. The van der Waals surface area contributed by atoms with Crippen LogP contribution in [0.4, 0.5) is 5.69 Å². The number of para-hydroxylation sites is 2. The Morgan fingerprint density at radius 2 is 1.73 bits per heavy atom.